The highest BCUT2D eigenvalue weighted by molar-refractivity contribution is 4.94. The average Bonchev–Trinajstić information content (AvgIpc) is 2.69. The zero-order valence-electron chi connectivity index (χ0n) is 10.1. The lowest BCUT2D eigenvalue weighted by molar-refractivity contribution is 0.0773. The Labute approximate surface area is 96.9 Å². The van der Waals surface area contributed by atoms with Gasteiger partial charge in [0.2, 0.25) is 0 Å². The molecule has 1 aromatic heterocycles. The zero-order valence-corrected chi connectivity index (χ0v) is 10.1. The number of aliphatic hydroxyl groups is 1. The van der Waals surface area contributed by atoms with Crippen LogP contribution in [0.2, 0.25) is 0 Å². The molecule has 0 aromatic carbocycles. The monoisotopic (exact) mass is 223 g/mol. The SMILES string of the molecule is CC(C)n1ccnc1CN1CCC(O)CC1. The molecule has 90 valence electrons. The second kappa shape index (κ2) is 4.97. The van der Waals surface area contributed by atoms with Crippen LogP contribution in [0, 0.1) is 0 Å². The van der Waals surface area contributed by atoms with Gasteiger partial charge in [0, 0.05) is 31.5 Å². The summed E-state index contributed by atoms with van der Waals surface area (Å²) < 4.78 is 2.21. The fourth-order valence-electron chi connectivity index (χ4n) is 2.21. The molecule has 0 radical (unpaired) electrons. The van der Waals surface area contributed by atoms with Gasteiger partial charge in [0.25, 0.3) is 0 Å². The Morgan fingerprint density at radius 1 is 1.44 bits per heavy atom. The van der Waals surface area contributed by atoms with E-state index in [0.29, 0.717) is 6.04 Å². The van der Waals surface area contributed by atoms with Crippen LogP contribution in [0.3, 0.4) is 0 Å². The highest BCUT2D eigenvalue weighted by Crippen LogP contribution is 2.15. The van der Waals surface area contributed by atoms with Gasteiger partial charge in [-0.3, -0.25) is 4.90 Å². The molecule has 2 rings (SSSR count). The van der Waals surface area contributed by atoms with Gasteiger partial charge in [0.15, 0.2) is 0 Å². The van der Waals surface area contributed by atoms with Crippen LogP contribution in [-0.4, -0.2) is 38.8 Å². The van der Waals surface area contributed by atoms with Crippen LogP contribution in [0.1, 0.15) is 38.6 Å². The normalized spacial score (nSPS) is 19.5. The lowest BCUT2D eigenvalue weighted by Crippen LogP contribution is -2.36. The molecule has 4 nitrogen and oxygen atoms in total. The molecule has 0 amide bonds. The summed E-state index contributed by atoms with van der Waals surface area (Å²) in [5, 5.41) is 9.45. The van der Waals surface area contributed by atoms with Gasteiger partial charge >= 0.3 is 0 Å². The van der Waals surface area contributed by atoms with E-state index in [-0.39, 0.29) is 6.10 Å². The molecule has 4 heteroatoms. The lowest BCUT2D eigenvalue weighted by Gasteiger charge is -2.29. The van der Waals surface area contributed by atoms with E-state index in [9.17, 15) is 5.11 Å². The predicted molar refractivity (Wildman–Crippen MR) is 63.1 cm³/mol. The Balaban J connectivity index is 1.96. The summed E-state index contributed by atoms with van der Waals surface area (Å²) in [6.07, 6.45) is 5.60. The lowest BCUT2D eigenvalue weighted by atomic mass is 10.1. The molecule has 1 aromatic rings. The second-order valence-corrected chi connectivity index (χ2v) is 4.85. The smallest absolute Gasteiger partial charge is 0.123 e. The standard InChI is InChI=1S/C12H21N3O/c1-10(2)15-8-5-13-12(15)9-14-6-3-11(16)4-7-14/h5,8,10-11,16H,3-4,6-7,9H2,1-2H3. The number of aliphatic hydroxyl groups excluding tert-OH is 1. The quantitative estimate of drug-likeness (QED) is 0.842. The summed E-state index contributed by atoms with van der Waals surface area (Å²) in [7, 11) is 0. The van der Waals surface area contributed by atoms with E-state index >= 15 is 0 Å². The van der Waals surface area contributed by atoms with Crippen molar-refractivity contribution in [3.63, 3.8) is 0 Å². The van der Waals surface area contributed by atoms with Crippen LogP contribution in [0.15, 0.2) is 12.4 Å². The van der Waals surface area contributed by atoms with E-state index in [4.69, 9.17) is 0 Å². The third-order valence-electron chi connectivity index (χ3n) is 3.23. The first-order valence-corrected chi connectivity index (χ1v) is 6.09. The summed E-state index contributed by atoms with van der Waals surface area (Å²) >= 11 is 0. The number of piperidine rings is 1. The minimum atomic E-state index is -0.0962. The molecule has 0 saturated carbocycles. The first-order valence-electron chi connectivity index (χ1n) is 6.09. The van der Waals surface area contributed by atoms with Crippen molar-refractivity contribution in [2.24, 2.45) is 0 Å². The van der Waals surface area contributed by atoms with Crippen LogP contribution in [-0.2, 0) is 6.54 Å². The second-order valence-electron chi connectivity index (χ2n) is 4.85. The maximum Gasteiger partial charge on any atom is 0.123 e. The Morgan fingerprint density at radius 2 is 2.12 bits per heavy atom. The van der Waals surface area contributed by atoms with Gasteiger partial charge in [-0.1, -0.05) is 0 Å². The zero-order chi connectivity index (χ0) is 11.5. The van der Waals surface area contributed by atoms with Crippen LogP contribution in [0.4, 0.5) is 0 Å². The predicted octanol–water partition coefficient (Wildman–Crippen LogP) is 1.42. The molecule has 0 unspecified atom stereocenters. The molecule has 1 aliphatic heterocycles. The van der Waals surface area contributed by atoms with Crippen molar-refractivity contribution in [1.82, 2.24) is 14.5 Å². The van der Waals surface area contributed by atoms with E-state index in [1.165, 1.54) is 0 Å². The van der Waals surface area contributed by atoms with E-state index in [1.54, 1.807) is 0 Å². The Bertz CT molecular complexity index is 327. The van der Waals surface area contributed by atoms with E-state index in [1.807, 2.05) is 12.4 Å². The number of hydrogen-bond donors (Lipinski definition) is 1. The summed E-state index contributed by atoms with van der Waals surface area (Å²) in [6.45, 7) is 7.20. The van der Waals surface area contributed by atoms with Crippen LogP contribution in [0.5, 0.6) is 0 Å². The van der Waals surface area contributed by atoms with Gasteiger partial charge in [-0.15, -0.1) is 0 Å². The number of nitrogens with zero attached hydrogens (tertiary/aromatic N) is 3. The highest BCUT2D eigenvalue weighted by atomic mass is 16.3. The summed E-state index contributed by atoms with van der Waals surface area (Å²) in [5.41, 5.74) is 0. The number of aromatic nitrogens is 2. The largest absolute Gasteiger partial charge is 0.393 e. The molecule has 2 heterocycles. The third-order valence-corrected chi connectivity index (χ3v) is 3.23. The minimum absolute atomic E-state index is 0.0962. The first kappa shape index (κ1) is 11.6. The molecular formula is C12H21N3O. The van der Waals surface area contributed by atoms with Crippen molar-refractivity contribution >= 4 is 0 Å². The van der Waals surface area contributed by atoms with Gasteiger partial charge in [-0.25, -0.2) is 4.98 Å². The van der Waals surface area contributed by atoms with E-state index < -0.39 is 0 Å². The van der Waals surface area contributed by atoms with Crippen molar-refractivity contribution in [3.8, 4) is 0 Å². The van der Waals surface area contributed by atoms with Crippen molar-refractivity contribution in [1.29, 1.82) is 0 Å². The van der Waals surface area contributed by atoms with Gasteiger partial charge in [0.05, 0.1) is 12.6 Å². The summed E-state index contributed by atoms with van der Waals surface area (Å²) in [6, 6.07) is 0.466. The van der Waals surface area contributed by atoms with Crippen LogP contribution < -0.4 is 0 Å². The van der Waals surface area contributed by atoms with Crippen molar-refractivity contribution in [2.45, 2.75) is 45.4 Å². The minimum Gasteiger partial charge on any atom is -0.393 e. The van der Waals surface area contributed by atoms with Crippen LogP contribution in [0.25, 0.3) is 0 Å². The molecular weight excluding hydrogens is 202 g/mol. The Morgan fingerprint density at radius 3 is 2.75 bits per heavy atom. The molecule has 16 heavy (non-hydrogen) atoms. The number of rotatable bonds is 3. The van der Waals surface area contributed by atoms with Crippen molar-refractivity contribution in [2.75, 3.05) is 13.1 Å². The van der Waals surface area contributed by atoms with Gasteiger partial charge in [-0.05, 0) is 26.7 Å². The summed E-state index contributed by atoms with van der Waals surface area (Å²) in [4.78, 5) is 6.78. The Kier molecular flexibility index (Phi) is 3.61. The van der Waals surface area contributed by atoms with E-state index in [2.05, 4.69) is 28.3 Å². The summed E-state index contributed by atoms with van der Waals surface area (Å²) in [5.74, 6) is 1.13. The van der Waals surface area contributed by atoms with E-state index in [0.717, 1.165) is 38.3 Å². The van der Waals surface area contributed by atoms with Crippen molar-refractivity contribution in [3.05, 3.63) is 18.2 Å². The fraction of sp³-hybridized carbons (Fsp3) is 0.750. The Hall–Kier alpha value is -0.870. The maximum atomic E-state index is 9.45. The van der Waals surface area contributed by atoms with Crippen LogP contribution >= 0.6 is 0 Å². The van der Waals surface area contributed by atoms with Gasteiger partial charge < -0.3 is 9.67 Å². The molecule has 0 aliphatic carbocycles. The number of likely N-dealkylation sites (tertiary alicyclic amines) is 1. The average molecular weight is 223 g/mol. The molecule has 1 saturated heterocycles. The maximum absolute atomic E-state index is 9.45. The third kappa shape index (κ3) is 2.62. The topological polar surface area (TPSA) is 41.3 Å². The molecule has 1 N–H and O–H groups in total. The van der Waals surface area contributed by atoms with Gasteiger partial charge in [0.1, 0.15) is 5.82 Å². The fourth-order valence-corrected chi connectivity index (χ4v) is 2.21. The van der Waals surface area contributed by atoms with Gasteiger partial charge in [-0.2, -0.15) is 0 Å². The molecule has 1 fully saturated rings. The molecule has 1 aliphatic rings. The molecule has 0 spiro atoms. The van der Waals surface area contributed by atoms with Crippen molar-refractivity contribution < 1.29 is 5.11 Å². The molecule has 0 atom stereocenters. The molecule has 0 bridgehead atoms. The number of hydrogen-bond acceptors (Lipinski definition) is 3. The number of imidazole rings is 1. The highest BCUT2D eigenvalue weighted by Gasteiger charge is 2.18. The first-order chi connectivity index (χ1) is 7.66.